The third kappa shape index (κ3) is 5.72. The predicted octanol–water partition coefficient (Wildman–Crippen LogP) is 1.55. The minimum absolute atomic E-state index is 0.0799. The molecule has 4 atom stereocenters. The van der Waals surface area contributed by atoms with Gasteiger partial charge in [0.1, 0.15) is 12.6 Å². The van der Waals surface area contributed by atoms with Crippen LogP contribution in [0.15, 0.2) is 30.3 Å². The van der Waals surface area contributed by atoms with E-state index >= 15 is 0 Å². The molecule has 1 saturated heterocycles. The first-order valence-corrected chi connectivity index (χ1v) is 8.58. The van der Waals surface area contributed by atoms with Gasteiger partial charge >= 0.3 is 6.09 Å². The second-order valence-corrected chi connectivity index (χ2v) is 6.23. The third-order valence-electron chi connectivity index (χ3n) is 4.37. The lowest BCUT2D eigenvalue weighted by Crippen LogP contribution is -2.54. The van der Waals surface area contributed by atoms with Crippen molar-refractivity contribution in [3.8, 4) is 0 Å². The van der Waals surface area contributed by atoms with Crippen molar-refractivity contribution in [3.63, 3.8) is 0 Å². The van der Waals surface area contributed by atoms with Crippen molar-refractivity contribution in [1.29, 1.82) is 0 Å². The Hall–Kier alpha value is -2.12. The number of amides is 2. The third-order valence-corrected chi connectivity index (χ3v) is 4.37. The molecule has 0 radical (unpaired) electrons. The molecule has 0 saturated carbocycles. The smallest absolute Gasteiger partial charge is 0.408 e. The SMILES string of the molecule is CCC(C)[C@H](NC(=O)OCc1ccccc1)C(=O)N[C@H]1CCOC1O. The van der Waals surface area contributed by atoms with Crippen LogP contribution in [0.1, 0.15) is 32.3 Å². The van der Waals surface area contributed by atoms with Crippen LogP contribution in [0, 0.1) is 5.92 Å². The average Bonchev–Trinajstić information content (AvgIpc) is 3.02. The lowest BCUT2D eigenvalue weighted by atomic mass is 9.98. The van der Waals surface area contributed by atoms with Crippen LogP contribution in [0.2, 0.25) is 0 Å². The van der Waals surface area contributed by atoms with E-state index in [1.807, 2.05) is 44.2 Å². The molecule has 2 amide bonds. The number of aliphatic hydroxyl groups excluding tert-OH is 1. The maximum Gasteiger partial charge on any atom is 0.408 e. The topological polar surface area (TPSA) is 96.9 Å². The van der Waals surface area contributed by atoms with Crippen molar-refractivity contribution in [2.75, 3.05) is 6.61 Å². The molecule has 7 nitrogen and oxygen atoms in total. The van der Waals surface area contributed by atoms with Gasteiger partial charge in [-0.1, -0.05) is 50.6 Å². The number of rotatable bonds is 7. The van der Waals surface area contributed by atoms with Crippen LogP contribution in [-0.2, 0) is 20.9 Å². The van der Waals surface area contributed by atoms with Crippen LogP contribution in [0.25, 0.3) is 0 Å². The summed E-state index contributed by atoms with van der Waals surface area (Å²) in [5.74, 6) is -0.427. The predicted molar refractivity (Wildman–Crippen MR) is 91.5 cm³/mol. The van der Waals surface area contributed by atoms with Crippen molar-refractivity contribution in [1.82, 2.24) is 10.6 Å². The number of nitrogens with one attached hydrogen (secondary N) is 2. The van der Waals surface area contributed by atoms with Gasteiger partial charge in [0.25, 0.3) is 0 Å². The monoisotopic (exact) mass is 350 g/mol. The lowest BCUT2D eigenvalue weighted by molar-refractivity contribution is -0.128. The average molecular weight is 350 g/mol. The van der Waals surface area contributed by atoms with Gasteiger partial charge in [-0.25, -0.2) is 4.79 Å². The maximum absolute atomic E-state index is 12.5. The van der Waals surface area contributed by atoms with E-state index in [0.29, 0.717) is 19.4 Å². The summed E-state index contributed by atoms with van der Waals surface area (Å²) < 4.78 is 10.2. The molecule has 25 heavy (non-hydrogen) atoms. The largest absolute Gasteiger partial charge is 0.445 e. The Labute approximate surface area is 147 Å². The Bertz CT molecular complexity index is 566. The van der Waals surface area contributed by atoms with Crippen LogP contribution in [0.4, 0.5) is 4.79 Å². The van der Waals surface area contributed by atoms with Gasteiger partial charge in [0.05, 0.1) is 12.6 Å². The fourth-order valence-corrected chi connectivity index (χ4v) is 2.58. The Morgan fingerprint density at radius 1 is 1.36 bits per heavy atom. The molecular weight excluding hydrogens is 324 g/mol. The number of aliphatic hydroxyl groups is 1. The Morgan fingerprint density at radius 3 is 2.68 bits per heavy atom. The molecule has 3 N–H and O–H groups in total. The van der Waals surface area contributed by atoms with E-state index in [2.05, 4.69) is 10.6 Å². The van der Waals surface area contributed by atoms with E-state index in [1.165, 1.54) is 0 Å². The van der Waals surface area contributed by atoms with Gasteiger partial charge in [0.15, 0.2) is 6.29 Å². The summed E-state index contributed by atoms with van der Waals surface area (Å²) in [5.41, 5.74) is 0.869. The fraction of sp³-hybridized carbons (Fsp3) is 0.556. The second-order valence-electron chi connectivity index (χ2n) is 6.23. The molecule has 2 rings (SSSR count). The van der Waals surface area contributed by atoms with Crippen molar-refractivity contribution < 1.29 is 24.2 Å². The highest BCUT2D eigenvalue weighted by Crippen LogP contribution is 2.14. The Balaban J connectivity index is 1.89. The molecule has 1 aromatic carbocycles. The number of hydrogen-bond acceptors (Lipinski definition) is 5. The second kappa shape index (κ2) is 9.39. The van der Waals surface area contributed by atoms with Crippen LogP contribution in [0.3, 0.4) is 0 Å². The normalized spacial score (nSPS) is 22.0. The number of benzene rings is 1. The quantitative estimate of drug-likeness (QED) is 0.693. The Kier molecular flexibility index (Phi) is 7.21. The summed E-state index contributed by atoms with van der Waals surface area (Å²) in [7, 11) is 0. The summed E-state index contributed by atoms with van der Waals surface area (Å²) in [6.45, 7) is 4.35. The van der Waals surface area contributed by atoms with Crippen LogP contribution < -0.4 is 10.6 Å². The molecule has 138 valence electrons. The molecule has 0 aliphatic carbocycles. The van der Waals surface area contributed by atoms with Crippen molar-refractivity contribution in [3.05, 3.63) is 35.9 Å². The van der Waals surface area contributed by atoms with E-state index in [0.717, 1.165) is 5.56 Å². The molecule has 1 fully saturated rings. The van der Waals surface area contributed by atoms with Crippen LogP contribution in [-0.4, -0.2) is 42.1 Å². The van der Waals surface area contributed by atoms with E-state index in [9.17, 15) is 14.7 Å². The molecule has 0 bridgehead atoms. The number of hydrogen-bond donors (Lipinski definition) is 3. The first-order valence-electron chi connectivity index (χ1n) is 8.58. The van der Waals surface area contributed by atoms with Gasteiger partial charge in [-0.15, -0.1) is 0 Å². The first-order chi connectivity index (χ1) is 12.0. The summed E-state index contributed by atoms with van der Waals surface area (Å²) >= 11 is 0. The van der Waals surface area contributed by atoms with E-state index in [1.54, 1.807) is 0 Å². The van der Waals surface area contributed by atoms with E-state index in [4.69, 9.17) is 9.47 Å². The molecule has 1 aliphatic rings. The molecule has 2 unspecified atom stereocenters. The minimum atomic E-state index is -1.01. The highest BCUT2D eigenvalue weighted by Gasteiger charge is 2.32. The standard InChI is InChI=1S/C18H26N2O5/c1-3-12(2)15(16(21)19-14-9-10-24-17(14)22)20-18(23)25-11-13-7-5-4-6-8-13/h4-8,12,14-15,17,22H,3,9-11H2,1-2H3,(H,19,21)(H,20,23)/t12?,14-,15-,17?/m0/s1. The van der Waals surface area contributed by atoms with Gasteiger partial charge in [0, 0.05) is 0 Å². The van der Waals surface area contributed by atoms with E-state index < -0.39 is 24.5 Å². The number of ether oxygens (including phenoxy) is 2. The van der Waals surface area contributed by atoms with Crippen molar-refractivity contribution in [2.45, 2.75) is 51.7 Å². The van der Waals surface area contributed by atoms with Crippen LogP contribution in [0.5, 0.6) is 0 Å². The molecular formula is C18H26N2O5. The molecule has 1 heterocycles. The number of carbonyl (C=O) groups excluding carboxylic acids is 2. The lowest BCUT2D eigenvalue weighted by Gasteiger charge is -2.25. The molecule has 1 aromatic rings. The van der Waals surface area contributed by atoms with Crippen molar-refractivity contribution in [2.24, 2.45) is 5.92 Å². The molecule has 7 heteroatoms. The number of carbonyl (C=O) groups is 2. The minimum Gasteiger partial charge on any atom is -0.445 e. The zero-order valence-electron chi connectivity index (χ0n) is 14.6. The zero-order chi connectivity index (χ0) is 18.2. The summed E-state index contributed by atoms with van der Waals surface area (Å²) in [5, 5.41) is 15.0. The highest BCUT2D eigenvalue weighted by molar-refractivity contribution is 5.86. The van der Waals surface area contributed by atoms with Gasteiger partial charge in [0.2, 0.25) is 5.91 Å². The van der Waals surface area contributed by atoms with Gasteiger partial charge in [-0.3, -0.25) is 4.79 Å². The zero-order valence-corrected chi connectivity index (χ0v) is 14.6. The first kappa shape index (κ1) is 19.2. The molecule has 0 spiro atoms. The summed E-state index contributed by atoms with van der Waals surface area (Å²) in [6, 6.07) is 8.12. The highest BCUT2D eigenvalue weighted by atomic mass is 16.6. The molecule has 0 aromatic heterocycles. The van der Waals surface area contributed by atoms with Crippen molar-refractivity contribution >= 4 is 12.0 Å². The fourth-order valence-electron chi connectivity index (χ4n) is 2.58. The summed E-state index contributed by atoms with van der Waals surface area (Å²) in [4.78, 5) is 24.6. The van der Waals surface area contributed by atoms with Gasteiger partial charge in [-0.2, -0.15) is 0 Å². The number of alkyl carbamates (subject to hydrolysis) is 1. The van der Waals surface area contributed by atoms with Gasteiger partial charge in [-0.05, 0) is 17.9 Å². The Morgan fingerprint density at radius 2 is 2.08 bits per heavy atom. The van der Waals surface area contributed by atoms with Gasteiger partial charge < -0.3 is 25.2 Å². The maximum atomic E-state index is 12.5. The molecule has 1 aliphatic heterocycles. The van der Waals surface area contributed by atoms with Crippen LogP contribution >= 0.6 is 0 Å². The summed E-state index contributed by atoms with van der Waals surface area (Å²) in [6.07, 6.45) is -0.404. The van der Waals surface area contributed by atoms with E-state index in [-0.39, 0.29) is 18.4 Å².